The fourth-order valence-corrected chi connectivity index (χ4v) is 16.8. The molecule has 2 fully saturated rings. The molecular weight excluding hydrogens is 1620 g/mol. The summed E-state index contributed by atoms with van der Waals surface area (Å²) in [4.78, 5) is 34.4. The highest BCUT2D eigenvalue weighted by atomic mass is 32.2. The van der Waals surface area contributed by atoms with E-state index in [9.17, 15) is 77.2 Å². The Morgan fingerprint density at radius 2 is 0.924 bits per heavy atom. The number of likely N-dealkylation sites (tertiary alicyclic amines) is 1. The molecule has 0 spiro atoms. The maximum Gasteiger partial charge on any atom is 0.410 e. The molecule has 30 nitrogen and oxygen atoms in total. The van der Waals surface area contributed by atoms with Crippen LogP contribution >= 0.6 is 0 Å². The third kappa shape index (κ3) is 61.3. The molecule has 118 heavy (non-hydrogen) atoms. The number of imidazole rings is 1. The normalized spacial score (nSPS) is 16.3. The van der Waals surface area contributed by atoms with Gasteiger partial charge in [-0.2, -0.15) is 0 Å². The lowest BCUT2D eigenvalue weighted by molar-refractivity contribution is -0.130. The van der Waals surface area contributed by atoms with Crippen molar-refractivity contribution in [1.29, 1.82) is 0 Å². The van der Waals surface area contributed by atoms with Crippen LogP contribution in [0.5, 0.6) is 0 Å². The number of hydrogen-bond donors (Lipinski definition) is 10. The van der Waals surface area contributed by atoms with Gasteiger partial charge in [0, 0.05) is 91.7 Å². The number of carbonyl (C=O) groups excluding carboxylic acids is 2. The van der Waals surface area contributed by atoms with Gasteiger partial charge in [0.05, 0.1) is 47.7 Å². The summed E-state index contributed by atoms with van der Waals surface area (Å²) in [6, 6.07) is 0. The fraction of sp³-hybridized carbons (Fsp3) is 0.867. The molecule has 5 rings (SSSR count). The minimum absolute atomic E-state index is 0.00474. The first-order valence-electron chi connectivity index (χ1n) is 41.3. The molecule has 4 heterocycles. The van der Waals surface area contributed by atoms with Gasteiger partial charge in [-0.05, 0) is 168 Å². The number of hydrogen-bond acceptors (Lipinski definition) is 22. The number of allylic oxidation sites excluding steroid dienone is 1. The Labute approximate surface area is 716 Å². The van der Waals surface area contributed by atoms with E-state index in [1.165, 1.54) is 26.0 Å². The van der Waals surface area contributed by atoms with Crippen molar-refractivity contribution >= 4 is 67.8 Å². The number of nitrogens with one attached hydrogen (secondary N) is 5. The second-order valence-corrected chi connectivity index (χ2v) is 51.3. The standard InChI is InChI=1S/C14H27NO2.C12H23N3O3S.C12H22N2O3S.C11H20N2O4S.C10H21NO3S.C9H21NO3S.C8H17NO.C7H16/c1-13(2,3)11-7-9-15(10-8-11)12(16)17-14(4,5)6;1-9-14-11(8-15(9)5)19(17,18)13-7-10(16)6-12(2,3)4;1-9-5-6-11(14-9)18(16,17)13-8-10(15)7-12(2,3)4;1-8-10(7-12-17-8)18(15,16)13-6-9(14)5-11(2,3)4;1-10(2,3)6-8(12)7-11-15(13,14)9-4-5-9;1-5-14(12,13)10-7-8(11)6-9(2,3)4;1-8(2,3)6-7(10)9(4)5;1-5-6-7(2,3)4/h11H,7-10H2,1-6H3;8,10,13,16H,6-7H2,1-5H3;6,10,13,15H,5,7-8H2,1-4H3;7,9,13-14H,5-6H2,1-4H3;8-9,11-12H,4-7H2,1-3H3;8,10-11H,5-7H2,1-4H3;6H2,1-5H3;5-6H2,1-4H3. The number of ether oxygens (including phenoxy) is 1. The molecule has 5 atom stereocenters. The molecule has 0 aromatic carbocycles. The van der Waals surface area contributed by atoms with E-state index < -0.39 is 86.2 Å². The van der Waals surface area contributed by atoms with Crippen molar-refractivity contribution < 1.29 is 86.5 Å². The molecule has 1 saturated heterocycles. The third-order valence-electron chi connectivity index (χ3n) is 17.2. The van der Waals surface area contributed by atoms with Crippen LogP contribution in [0.3, 0.4) is 0 Å². The average molecular weight is 1780 g/mol. The molecule has 2 aliphatic heterocycles. The molecular formula is C83H167N11O19S5. The molecule has 2 aromatic heterocycles. The van der Waals surface area contributed by atoms with E-state index in [4.69, 9.17) is 9.26 Å². The number of aryl methyl sites for hydroxylation is 3. The fourth-order valence-electron chi connectivity index (χ4n) is 11.3. The van der Waals surface area contributed by atoms with E-state index in [1.54, 1.807) is 57.5 Å². The highest BCUT2D eigenvalue weighted by Gasteiger charge is 2.37. The quantitative estimate of drug-likeness (QED) is 0.0397. The van der Waals surface area contributed by atoms with Crippen LogP contribution in [0.15, 0.2) is 42.9 Å². The predicted octanol–water partition coefficient (Wildman–Crippen LogP) is 12.9. The second kappa shape index (κ2) is 50.2. The van der Waals surface area contributed by atoms with Crippen LogP contribution in [-0.4, -0.2) is 217 Å². The van der Waals surface area contributed by atoms with Gasteiger partial charge < -0.3 is 49.2 Å². The maximum absolute atomic E-state index is 12.0. The monoisotopic (exact) mass is 1780 g/mol. The second-order valence-electron chi connectivity index (χ2n) is 42.0. The molecule has 2 amide bonds. The van der Waals surface area contributed by atoms with E-state index in [0.29, 0.717) is 67.5 Å². The van der Waals surface area contributed by atoms with Crippen LogP contribution in [0.4, 0.5) is 4.79 Å². The van der Waals surface area contributed by atoms with Gasteiger partial charge in [0.1, 0.15) is 16.3 Å². The average Bonchev–Trinajstić information content (AvgIpc) is 1.67. The zero-order valence-electron chi connectivity index (χ0n) is 79.3. The number of carbonyl (C=O) groups is 2. The molecule has 2 aromatic rings. The van der Waals surface area contributed by atoms with Crippen LogP contribution in [0.1, 0.15) is 303 Å². The summed E-state index contributed by atoms with van der Waals surface area (Å²) in [5, 5.41) is 51.7. The Morgan fingerprint density at radius 3 is 1.19 bits per heavy atom. The minimum atomic E-state index is -3.66. The van der Waals surface area contributed by atoms with Gasteiger partial charge in [0.2, 0.25) is 36.0 Å². The number of aliphatic hydroxyl groups is 5. The van der Waals surface area contributed by atoms with Gasteiger partial charge in [0.25, 0.3) is 20.0 Å². The molecule has 698 valence electrons. The lowest BCUT2D eigenvalue weighted by Crippen LogP contribution is -2.43. The molecule has 5 unspecified atom stereocenters. The van der Waals surface area contributed by atoms with Crippen LogP contribution in [-0.2, 0) is 66.7 Å². The first-order chi connectivity index (χ1) is 52.6. The molecule has 0 radical (unpaired) electrons. The van der Waals surface area contributed by atoms with Crippen molar-refractivity contribution in [3.8, 4) is 0 Å². The highest BCUT2D eigenvalue weighted by molar-refractivity contribution is 7.93. The van der Waals surface area contributed by atoms with E-state index in [0.717, 1.165) is 50.7 Å². The van der Waals surface area contributed by atoms with Gasteiger partial charge in [-0.3, -0.25) is 4.79 Å². The van der Waals surface area contributed by atoms with E-state index in [-0.39, 0.29) is 109 Å². The summed E-state index contributed by atoms with van der Waals surface area (Å²) in [5.74, 6) is 1.81. The Bertz CT molecular complexity index is 3880. The van der Waals surface area contributed by atoms with Gasteiger partial charge >= 0.3 is 6.09 Å². The first-order valence-corrected chi connectivity index (χ1v) is 48.9. The number of rotatable bonds is 27. The topological polar surface area (TPSA) is 438 Å². The van der Waals surface area contributed by atoms with Gasteiger partial charge in [0.15, 0.2) is 15.8 Å². The Balaban J connectivity index is -0.00000130. The third-order valence-corrected chi connectivity index (χ3v) is 24.7. The maximum atomic E-state index is 12.0. The SMILES string of the molecule is CC(C)(C)CC(O)CNS(=O)(=O)C1CC1.CC(C)(C)OC(=O)N1CCC(C(C)(C)C)CC1.CC1=NC(S(=O)(=O)NCC(O)CC(C)(C)C)=CC1.CCCC(C)(C)C.CCS(=O)(=O)NCC(O)CC(C)(C)C.CN(C)C(=O)CC(C)(C)C.Cc1nc(S(=O)(=O)NCC(O)CC(C)(C)C)cn1C.Cc1oncc1S(=O)(=O)NCC(O)CC(C)(C)C. The largest absolute Gasteiger partial charge is 0.444 e. The molecule has 3 aliphatic rings. The number of aliphatic hydroxyl groups excluding tert-OH is 5. The van der Waals surface area contributed by atoms with E-state index in [2.05, 4.69) is 108 Å². The molecule has 1 saturated carbocycles. The molecule has 1 aliphatic carbocycles. The van der Waals surface area contributed by atoms with Crippen LogP contribution in [0.2, 0.25) is 0 Å². The summed E-state index contributed by atoms with van der Waals surface area (Å²) in [6.45, 7) is 66.3. The predicted molar refractivity (Wildman–Crippen MR) is 477 cm³/mol. The summed E-state index contributed by atoms with van der Waals surface area (Å²) in [7, 11) is -11.9. The summed E-state index contributed by atoms with van der Waals surface area (Å²) < 4.78 is 140. The molecule has 35 heteroatoms. The van der Waals surface area contributed by atoms with Crippen molar-refractivity contribution in [2.24, 2.45) is 61.3 Å². The minimum Gasteiger partial charge on any atom is -0.444 e. The van der Waals surface area contributed by atoms with Crippen molar-refractivity contribution in [3.05, 3.63) is 35.1 Å². The Kier molecular flexibility index (Phi) is 50.2. The van der Waals surface area contributed by atoms with Crippen molar-refractivity contribution in [2.75, 3.05) is 65.7 Å². The van der Waals surface area contributed by atoms with Crippen molar-refractivity contribution in [2.45, 2.75) is 356 Å². The summed E-state index contributed by atoms with van der Waals surface area (Å²) in [5.41, 5.74) is 1.29. The van der Waals surface area contributed by atoms with E-state index >= 15 is 0 Å². The van der Waals surface area contributed by atoms with Gasteiger partial charge in [-0.15, -0.1) is 0 Å². The smallest absolute Gasteiger partial charge is 0.410 e. The highest BCUT2D eigenvalue weighted by Crippen LogP contribution is 2.35. The number of amides is 2. The number of aliphatic imine (C=N–C) groups is 1. The van der Waals surface area contributed by atoms with Crippen LogP contribution < -0.4 is 23.6 Å². The van der Waals surface area contributed by atoms with Crippen molar-refractivity contribution in [3.63, 3.8) is 0 Å². The summed E-state index contributed by atoms with van der Waals surface area (Å²) in [6.07, 6.45) is 11.0. The van der Waals surface area contributed by atoms with Gasteiger partial charge in [-0.1, -0.05) is 185 Å². The molecule has 10 N–H and O–H groups in total. The zero-order valence-corrected chi connectivity index (χ0v) is 83.4. The Hall–Kier alpha value is -4.08. The van der Waals surface area contributed by atoms with E-state index in [1.807, 2.05) is 130 Å². The van der Waals surface area contributed by atoms with Crippen LogP contribution in [0, 0.1) is 63.1 Å². The zero-order chi connectivity index (χ0) is 93.4. The lowest BCUT2D eigenvalue weighted by Gasteiger charge is -2.39. The van der Waals surface area contributed by atoms with Crippen LogP contribution in [0.25, 0.3) is 0 Å². The summed E-state index contributed by atoms with van der Waals surface area (Å²) >= 11 is 0. The number of piperidine rings is 1. The molecule has 0 bridgehead atoms. The Morgan fingerprint density at radius 1 is 0.542 bits per heavy atom. The van der Waals surface area contributed by atoms with Gasteiger partial charge in [-0.25, -0.2) is 80.5 Å². The lowest BCUT2D eigenvalue weighted by atomic mass is 9.75. The van der Waals surface area contributed by atoms with Crippen molar-refractivity contribution in [1.82, 2.24) is 48.1 Å². The first kappa shape index (κ1) is 118. The number of sulfonamides is 5. The number of nitrogens with zero attached hydrogens (tertiary/aromatic N) is 6. The number of aromatic nitrogens is 3.